The first-order valence-corrected chi connectivity index (χ1v) is 8.47. The number of aromatic nitrogens is 1. The normalized spacial score (nSPS) is 15.3. The van der Waals surface area contributed by atoms with Crippen molar-refractivity contribution in [3.8, 4) is 17.4 Å². The van der Waals surface area contributed by atoms with Crippen LogP contribution >= 0.6 is 0 Å². The Kier molecular flexibility index (Phi) is 5.85. The van der Waals surface area contributed by atoms with Gasteiger partial charge in [0.1, 0.15) is 6.61 Å². The Bertz CT molecular complexity index is 720. The molecular formula is C19H22N2O4. The first-order valence-electron chi connectivity index (χ1n) is 8.47. The molecule has 6 nitrogen and oxygen atoms in total. The highest BCUT2D eigenvalue weighted by atomic mass is 16.5. The molecule has 0 fully saturated rings. The van der Waals surface area contributed by atoms with Crippen molar-refractivity contribution in [2.24, 2.45) is 0 Å². The number of amides is 1. The molecule has 3 rings (SSSR count). The molecule has 2 heterocycles. The molecule has 0 aliphatic carbocycles. The summed E-state index contributed by atoms with van der Waals surface area (Å²) in [4.78, 5) is 18.4. The molecular weight excluding hydrogens is 320 g/mol. The molecule has 1 aliphatic rings. The van der Waals surface area contributed by atoms with Crippen molar-refractivity contribution < 1.29 is 19.0 Å². The van der Waals surface area contributed by atoms with E-state index in [4.69, 9.17) is 14.2 Å². The summed E-state index contributed by atoms with van der Waals surface area (Å²) in [6.45, 7) is 4.14. The standard InChI is InChI=1S/C19H22N2O4/c1-2-18(22)21-10-11-23-12-13-24-16-7-3-4-8-17(16)25-19-15(14-21)6-5-9-20-19/h3-9H,2,10-14H2,1H3. The van der Waals surface area contributed by atoms with Crippen molar-refractivity contribution in [2.75, 3.05) is 26.4 Å². The lowest BCUT2D eigenvalue weighted by atomic mass is 10.2. The van der Waals surface area contributed by atoms with E-state index < -0.39 is 0 Å². The maximum atomic E-state index is 12.2. The van der Waals surface area contributed by atoms with Crippen LogP contribution in [0.3, 0.4) is 0 Å². The Balaban J connectivity index is 1.93. The minimum atomic E-state index is 0.0740. The largest absolute Gasteiger partial charge is 0.487 e. The zero-order valence-corrected chi connectivity index (χ0v) is 14.3. The Morgan fingerprint density at radius 3 is 2.80 bits per heavy atom. The second kappa shape index (κ2) is 8.48. The van der Waals surface area contributed by atoms with Crippen LogP contribution in [0.2, 0.25) is 0 Å². The van der Waals surface area contributed by atoms with Crippen molar-refractivity contribution in [1.29, 1.82) is 0 Å². The quantitative estimate of drug-likeness (QED) is 0.797. The average molecular weight is 342 g/mol. The van der Waals surface area contributed by atoms with Crippen LogP contribution in [0.15, 0.2) is 42.6 Å². The number of rotatable bonds is 1. The third-order valence-electron chi connectivity index (χ3n) is 3.91. The van der Waals surface area contributed by atoms with E-state index in [1.54, 1.807) is 11.1 Å². The van der Waals surface area contributed by atoms with Crippen LogP contribution < -0.4 is 9.47 Å². The predicted molar refractivity (Wildman–Crippen MR) is 92.8 cm³/mol. The van der Waals surface area contributed by atoms with Gasteiger partial charge in [-0.2, -0.15) is 0 Å². The number of nitrogens with zero attached hydrogens (tertiary/aromatic N) is 2. The maximum absolute atomic E-state index is 12.2. The molecule has 132 valence electrons. The maximum Gasteiger partial charge on any atom is 0.224 e. The van der Waals surface area contributed by atoms with Gasteiger partial charge in [0.2, 0.25) is 11.8 Å². The highest BCUT2D eigenvalue weighted by molar-refractivity contribution is 5.75. The number of pyridine rings is 1. The third kappa shape index (κ3) is 4.48. The molecule has 1 amide bonds. The molecule has 0 saturated carbocycles. The molecule has 0 radical (unpaired) electrons. The van der Waals surface area contributed by atoms with Crippen LogP contribution in [-0.4, -0.2) is 42.2 Å². The van der Waals surface area contributed by atoms with Gasteiger partial charge in [-0.1, -0.05) is 25.1 Å². The van der Waals surface area contributed by atoms with E-state index in [0.29, 0.717) is 56.7 Å². The second-order valence-electron chi connectivity index (χ2n) is 5.65. The van der Waals surface area contributed by atoms with Crippen molar-refractivity contribution >= 4 is 5.91 Å². The minimum Gasteiger partial charge on any atom is -0.487 e. The SMILES string of the molecule is CCC(=O)N1CCOCCOc2ccccc2Oc2ncccc2C1. The average Bonchev–Trinajstić information content (AvgIpc) is 2.66. The summed E-state index contributed by atoms with van der Waals surface area (Å²) in [5.74, 6) is 1.79. The van der Waals surface area contributed by atoms with Gasteiger partial charge in [-0.15, -0.1) is 0 Å². The van der Waals surface area contributed by atoms with E-state index in [1.807, 2.05) is 43.3 Å². The molecule has 0 atom stereocenters. The molecule has 2 aromatic rings. The van der Waals surface area contributed by atoms with Gasteiger partial charge < -0.3 is 19.1 Å². The third-order valence-corrected chi connectivity index (χ3v) is 3.91. The second-order valence-corrected chi connectivity index (χ2v) is 5.65. The van der Waals surface area contributed by atoms with Crippen molar-refractivity contribution in [2.45, 2.75) is 19.9 Å². The van der Waals surface area contributed by atoms with Gasteiger partial charge in [0.25, 0.3) is 0 Å². The molecule has 0 bridgehead atoms. The van der Waals surface area contributed by atoms with Crippen LogP contribution in [-0.2, 0) is 16.1 Å². The fourth-order valence-corrected chi connectivity index (χ4v) is 2.60. The van der Waals surface area contributed by atoms with Crippen LogP contribution in [0.25, 0.3) is 0 Å². The van der Waals surface area contributed by atoms with Gasteiger partial charge in [-0.3, -0.25) is 4.79 Å². The van der Waals surface area contributed by atoms with E-state index in [0.717, 1.165) is 5.56 Å². The lowest BCUT2D eigenvalue weighted by Crippen LogP contribution is -2.33. The van der Waals surface area contributed by atoms with Gasteiger partial charge >= 0.3 is 0 Å². The summed E-state index contributed by atoms with van der Waals surface area (Å²) in [7, 11) is 0. The highest BCUT2D eigenvalue weighted by Crippen LogP contribution is 2.32. The zero-order chi connectivity index (χ0) is 17.5. The summed E-state index contributed by atoms with van der Waals surface area (Å²) in [6, 6.07) is 11.2. The van der Waals surface area contributed by atoms with Crippen molar-refractivity contribution in [3.05, 3.63) is 48.2 Å². The van der Waals surface area contributed by atoms with Gasteiger partial charge in [-0.05, 0) is 18.2 Å². The Morgan fingerprint density at radius 2 is 1.96 bits per heavy atom. The lowest BCUT2D eigenvalue weighted by Gasteiger charge is -2.23. The number of ether oxygens (including phenoxy) is 3. The van der Waals surface area contributed by atoms with Crippen molar-refractivity contribution in [3.63, 3.8) is 0 Å². The predicted octanol–water partition coefficient (Wildman–Crippen LogP) is 3.02. The van der Waals surface area contributed by atoms with Crippen LogP contribution in [0.1, 0.15) is 18.9 Å². The number of para-hydroxylation sites is 2. The summed E-state index contributed by atoms with van der Waals surface area (Å²) in [5.41, 5.74) is 0.846. The smallest absolute Gasteiger partial charge is 0.224 e. The number of benzene rings is 1. The molecule has 1 aromatic carbocycles. The van der Waals surface area contributed by atoms with E-state index in [1.165, 1.54) is 0 Å². The number of hydrogen-bond acceptors (Lipinski definition) is 5. The Morgan fingerprint density at radius 1 is 1.12 bits per heavy atom. The number of carbonyl (C=O) groups is 1. The Hall–Kier alpha value is -2.60. The molecule has 1 aliphatic heterocycles. The first kappa shape index (κ1) is 17.2. The van der Waals surface area contributed by atoms with Crippen LogP contribution in [0, 0.1) is 0 Å². The zero-order valence-electron chi connectivity index (χ0n) is 14.3. The minimum absolute atomic E-state index is 0.0740. The number of hydrogen-bond donors (Lipinski definition) is 0. The fourth-order valence-electron chi connectivity index (χ4n) is 2.60. The monoisotopic (exact) mass is 342 g/mol. The van der Waals surface area contributed by atoms with Crippen molar-refractivity contribution in [1.82, 2.24) is 9.88 Å². The molecule has 0 unspecified atom stereocenters. The first-order chi connectivity index (χ1) is 12.3. The van der Waals surface area contributed by atoms with Gasteiger partial charge in [0, 0.05) is 24.7 Å². The van der Waals surface area contributed by atoms with E-state index in [2.05, 4.69) is 4.98 Å². The number of fused-ring (bicyclic) bond motifs is 2. The van der Waals surface area contributed by atoms with Gasteiger partial charge in [0.15, 0.2) is 11.5 Å². The number of carbonyl (C=O) groups excluding carboxylic acids is 1. The van der Waals surface area contributed by atoms with E-state index >= 15 is 0 Å². The summed E-state index contributed by atoms with van der Waals surface area (Å²) < 4.78 is 17.4. The topological polar surface area (TPSA) is 60.9 Å². The van der Waals surface area contributed by atoms with Gasteiger partial charge in [0.05, 0.1) is 19.8 Å². The molecule has 6 heteroatoms. The Labute approximate surface area is 147 Å². The lowest BCUT2D eigenvalue weighted by molar-refractivity contribution is -0.132. The highest BCUT2D eigenvalue weighted by Gasteiger charge is 2.17. The van der Waals surface area contributed by atoms with Crippen LogP contribution in [0.5, 0.6) is 17.4 Å². The van der Waals surface area contributed by atoms with E-state index in [-0.39, 0.29) is 5.91 Å². The fraction of sp³-hybridized carbons (Fsp3) is 0.368. The molecule has 0 spiro atoms. The van der Waals surface area contributed by atoms with E-state index in [9.17, 15) is 4.79 Å². The van der Waals surface area contributed by atoms with Crippen LogP contribution in [0.4, 0.5) is 0 Å². The molecule has 0 N–H and O–H groups in total. The summed E-state index contributed by atoms with van der Waals surface area (Å²) in [5, 5.41) is 0. The van der Waals surface area contributed by atoms with Gasteiger partial charge in [-0.25, -0.2) is 4.98 Å². The molecule has 1 aromatic heterocycles. The summed E-state index contributed by atoms with van der Waals surface area (Å²) >= 11 is 0. The molecule has 0 saturated heterocycles. The molecule has 25 heavy (non-hydrogen) atoms. The summed E-state index contributed by atoms with van der Waals surface area (Å²) in [6.07, 6.45) is 2.12.